The number of thiophene rings is 2. The van der Waals surface area contributed by atoms with Crippen molar-refractivity contribution in [1.29, 1.82) is 10.5 Å². The summed E-state index contributed by atoms with van der Waals surface area (Å²) in [4.78, 5) is 0. The van der Waals surface area contributed by atoms with E-state index in [0.29, 0.717) is 44.4 Å². The summed E-state index contributed by atoms with van der Waals surface area (Å²) in [5.41, 5.74) is -5.82. The first kappa shape index (κ1) is 48.8. The summed E-state index contributed by atoms with van der Waals surface area (Å²) in [6.07, 6.45) is -20.0. The number of hydrogen-bond donors (Lipinski definition) is 0. The van der Waals surface area contributed by atoms with Crippen LogP contribution < -0.4 is 0 Å². The van der Waals surface area contributed by atoms with Crippen molar-refractivity contribution in [3.05, 3.63) is 191 Å². The minimum Gasteiger partial charge on any atom is -0.307 e. The summed E-state index contributed by atoms with van der Waals surface area (Å²) in [7, 11) is 0. The number of halogens is 12. The molecular weight excluding hydrogens is 1070 g/mol. The number of aromatic nitrogens is 2. The molecule has 0 N–H and O–H groups in total. The minimum atomic E-state index is -4.99. The van der Waals surface area contributed by atoms with E-state index in [1.54, 1.807) is 42.5 Å². The number of rotatable bonds is 4. The van der Waals surface area contributed by atoms with Gasteiger partial charge in [-0.2, -0.15) is 63.2 Å². The van der Waals surface area contributed by atoms with Gasteiger partial charge in [0, 0.05) is 84.1 Å². The highest BCUT2D eigenvalue weighted by Gasteiger charge is 2.39. The summed E-state index contributed by atoms with van der Waals surface area (Å²) in [5.74, 6) is 0. The number of nitrogens with zero attached hydrogens (tertiary/aromatic N) is 4. The van der Waals surface area contributed by atoms with E-state index in [2.05, 4.69) is 12.1 Å². The van der Waals surface area contributed by atoms with E-state index in [0.717, 1.165) is 68.7 Å². The maximum atomic E-state index is 14.7. The quantitative estimate of drug-likeness (QED) is 0.165. The molecule has 13 rings (SSSR count). The van der Waals surface area contributed by atoms with Gasteiger partial charge in [-0.05, 0) is 84.9 Å². The molecule has 0 aliphatic carbocycles. The Labute approximate surface area is 438 Å². The second kappa shape index (κ2) is 16.8. The Morgan fingerprint density at radius 3 is 0.962 bits per heavy atom. The van der Waals surface area contributed by atoms with Crippen molar-refractivity contribution in [1.82, 2.24) is 9.13 Å². The Bertz CT molecular complexity index is 4510. The van der Waals surface area contributed by atoms with Crippen molar-refractivity contribution in [3.8, 4) is 45.8 Å². The molecule has 13 aromatic rings. The topological polar surface area (TPSA) is 57.4 Å². The molecule has 0 amide bonds. The molecule has 382 valence electrons. The maximum absolute atomic E-state index is 14.7. The van der Waals surface area contributed by atoms with Crippen LogP contribution in [0.1, 0.15) is 33.4 Å². The average Bonchev–Trinajstić information content (AvgIpc) is 3.41. The van der Waals surface area contributed by atoms with Crippen molar-refractivity contribution in [2.75, 3.05) is 0 Å². The van der Waals surface area contributed by atoms with E-state index in [1.807, 2.05) is 42.5 Å². The normalized spacial score (nSPS) is 12.8. The van der Waals surface area contributed by atoms with Crippen LogP contribution in [0.15, 0.2) is 158 Å². The largest absolute Gasteiger partial charge is 0.416 e. The van der Waals surface area contributed by atoms with Crippen LogP contribution in [-0.4, -0.2) is 9.13 Å². The second-order valence-electron chi connectivity index (χ2n) is 18.6. The lowest BCUT2D eigenvalue weighted by atomic mass is 9.85. The van der Waals surface area contributed by atoms with Gasteiger partial charge >= 0.3 is 24.7 Å². The van der Waals surface area contributed by atoms with E-state index in [-0.39, 0.29) is 88.4 Å². The van der Waals surface area contributed by atoms with Crippen LogP contribution in [0.4, 0.5) is 52.7 Å². The number of alkyl halides is 12. The molecule has 4 nitrogen and oxygen atoms in total. The first-order valence-electron chi connectivity index (χ1n) is 23.5. The summed E-state index contributed by atoms with van der Waals surface area (Å²) < 4.78 is 182. The van der Waals surface area contributed by atoms with Crippen LogP contribution in [0.25, 0.3) is 118 Å². The summed E-state index contributed by atoms with van der Waals surface area (Å²) in [5, 5.41) is 25.7. The summed E-state index contributed by atoms with van der Waals surface area (Å²) in [6.45, 7) is 0. The highest BCUT2D eigenvalue weighted by atomic mass is 32.1. The molecular formula is C60H26F12N4S2. The van der Waals surface area contributed by atoms with E-state index < -0.39 is 47.0 Å². The van der Waals surface area contributed by atoms with Gasteiger partial charge in [-0.3, -0.25) is 0 Å². The monoisotopic (exact) mass is 1090 g/mol. The number of hydrogen-bond acceptors (Lipinski definition) is 4. The van der Waals surface area contributed by atoms with Crippen LogP contribution in [-0.2, 0) is 24.7 Å². The van der Waals surface area contributed by atoms with Crippen molar-refractivity contribution < 1.29 is 52.7 Å². The highest BCUT2D eigenvalue weighted by molar-refractivity contribution is 7.26. The van der Waals surface area contributed by atoms with Gasteiger partial charge in [-0.15, -0.1) is 22.7 Å². The molecule has 4 aromatic heterocycles. The Balaban J connectivity index is 1.34. The molecule has 0 spiro atoms. The predicted octanol–water partition coefficient (Wildman–Crippen LogP) is 19.8. The summed E-state index contributed by atoms with van der Waals surface area (Å²) >= 11 is 2.58. The average molecular weight is 1100 g/mol. The van der Waals surface area contributed by atoms with E-state index in [4.69, 9.17) is 0 Å². The molecule has 0 unspecified atom stereocenters. The Morgan fingerprint density at radius 2 is 0.641 bits per heavy atom. The van der Waals surface area contributed by atoms with Crippen molar-refractivity contribution in [2.45, 2.75) is 24.7 Å². The van der Waals surface area contributed by atoms with Crippen LogP contribution in [0.2, 0.25) is 0 Å². The molecule has 0 fully saturated rings. The zero-order valence-corrected chi connectivity index (χ0v) is 40.8. The summed E-state index contributed by atoms with van der Waals surface area (Å²) in [6, 6.07) is 39.6. The minimum absolute atomic E-state index is 0.0512. The number of benzene rings is 9. The smallest absolute Gasteiger partial charge is 0.307 e. The SMILES string of the molecule is N#Cc1c(-c2cccc3c2sc2ccccc23)c(C#N)c(-n2c3ccc(C(F)(F)F)cc3c3cc(C(F)(F)F)ccc32)c(-c2cccc3c2sc2ccccc23)c1-n1c2ccc(C(F)(F)F)cc2c2cc(C(F)(F)F)ccc21. The van der Waals surface area contributed by atoms with Gasteiger partial charge in [0.05, 0.1) is 66.8 Å². The van der Waals surface area contributed by atoms with Crippen LogP contribution in [0.5, 0.6) is 0 Å². The molecule has 0 bridgehead atoms. The lowest BCUT2D eigenvalue weighted by Gasteiger charge is -2.26. The fourth-order valence-electron chi connectivity index (χ4n) is 11.0. The standard InChI is InChI=1S/C60H26F12N4S2/c61-57(62,63)29-15-19-45-39(23-29)40-24-30(58(64,65)66)16-20-46(40)75(45)53-43(27-73)51(37-11-5-9-35-33-7-1-3-13-49(33)77-55(35)37)44(28-74)54(52(53)38-12-6-10-36-34-8-2-4-14-50(34)78-56(36)38)76-47-21-17-31(59(67,68)69)25-41(47)42-26-32(60(70,71)72)18-22-48(42)76/h1-26H. The van der Waals surface area contributed by atoms with E-state index in [1.165, 1.54) is 31.8 Å². The van der Waals surface area contributed by atoms with Crippen molar-refractivity contribution >= 4 is 107 Å². The van der Waals surface area contributed by atoms with Crippen molar-refractivity contribution in [2.24, 2.45) is 0 Å². The van der Waals surface area contributed by atoms with Crippen LogP contribution in [0.3, 0.4) is 0 Å². The second-order valence-corrected chi connectivity index (χ2v) is 20.7. The molecule has 0 saturated carbocycles. The zero-order chi connectivity index (χ0) is 54.5. The molecule has 18 heteroatoms. The van der Waals surface area contributed by atoms with Crippen molar-refractivity contribution in [3.63, 3.8) is 0 Å². The first-order chi connectivity index (χ1) is 37.1. The third-order valence-electron chi connectivity index (χ3n) is 14.3. The van der Waals surface area contributed by atoms with E-state index >= 15 is 0 Å². The van der Waals surface area contributed by atoms with Gasteiger partial charge < -0.3 is 9.13 Å². The third-order valence-corrected chi connectivity index (χ3v) is 16.7. The number of nitriles is 2. The van der Waals surface area contributed by atoms with Crippen LogP contribution in [0, 0.1) is 22.7 Å². The molecule has 0 atom stereocenters. The van der Waals surface area contributed by atoms with Gasteiger partial charge in [-0.25, -0.2) is 0 Å². The lowest BCUT2D eigenvalue weighted by molar-refractivity contribution is -0.138. The number of fused-ring (bicyclic) bond motifs is 12. The lowest BCUT2D eigenvalue weighted by Crippen LogP contribution is -2.12. The van der Waals surface area contributed by atoms with Gasteiger partial charge in [-0.1, -0.05) is 72.8 Å². The maximum Gasteiger partial charge on any atom is 0.416 e. The van der Waals surface area contributed by atoms with E-state index in [9.17, 15) is 63.2 Å². The van der Waals surface area contributed by atoms with Gasteiger partial charge in [0.1, 0.15) is 12.1 Å². The molecule has 78 heavy (non-hydrogen) atoms. The third kappa shape index (κ3) is 7.26. The first-order valence-corrected chi connectivity index (χ1v) is 25.1. The molecule has 0 aliphatic heterocycles. The van der Waals surface area contributed by atoms with Gasteiger partial charge in [0.15, 0.2) is 0 Å². The fourth-order valence-corrected chi connectivity index (χ4v) is 13.5. The Kier molecular flexibility index (Phi) is 10.5. The zero-order valence-electron chi connectivity index (χ0n) is 39.2. The molecule has 0 saturated heterocycles. The fraction of sp³-hybridized carbons (Fsp3) is 0.0667. The molecule has 0 radical (unpaired) electrons. The Hall–Kier alpha value is -8.84. The molecule has 9 aromatic carbocycles. The molecule has 0 aliphatic rings. The predicted molar refractivity (Wildman–Crippen MR) is 281 cm³/mol. The highest BCUT2D eigenvalue weighted by Crippen LogP contribution is 2.54. The van der Waals surface area contributed by atoms with Gasteiger partial charge in [0.2, 0.25) is 0 Å². The van der Waals surface area contributed by atoms with Gasteiger partial charge in [0.25, 0.3) is 0 Å². The molecule has 4 heterocycles. The Morgan fingerprint density at radius 1 is 0.333 bits per heavy atom. The van der Waals surface area contributed by atoms with Crippen LogP contribution >= 0.6 is 22.7 Å².